The first-order valence-electron chi connectivity index (χ1n) is 6.56. The molecular weight excluding hydrogens is 248 g/mol. The summed E-state index contributed by atoms with van der Waals surface area (Å²) in [5, 5.41) is 2.83. The van der Waals surface area contributed by atoms with E-state index in [0.29, 0.717) is 19.5 Å². The molecule has 1 aliphatic heterocycles. The molecule has 19 heavy (non-hydrogen) atoms. The molecule has 1 aliphatic rings. The minimum atomic E-state index is -0.465. The molecule has 0 saturated carbocycles. The van der Waals surface area contributed by atoms with Gasteiger partial charge in [0.15, 0.2) is 0 Å². The van der Waals surface area contributed by atoms with E-state index in [0.717, 1.165) is 6.42 Å². The van der Waals surface area contributed by atoms with E-state index in [1.54, 1.807) is 0 Å². The summed E-state index contributed by atoms with van der Waals surface area (Å²) < 4.78 is 5.58. The first kappa shape index (κ1) is 15.9. The Morgan fingerprint density at radius 1 is 1.42 bits per heavy atom. The van der Waals surface area contributed by atoms with Gasteiger partial charge in [0.25, 0.3) is 5.91 Å². The molecule has 0 aromatic carbocycles. The predicted octanol–water partition coefficient (Wildman–Crippen LogP) is -1.02. The molecule has 2 amide bonds. The van der Waals surface area contributed by atoms with Crippen LogP contribution in [0.4, 0.5) is 0 Å². The molecule has 0 spiro atoms. The molecule has 0 aromatic rings. The number of hydrazine groups is 1. The van der Waals surface area contributed by atoms with Crippen LogP contribution in [0.25, 0.3) is 0 Å². The first-order chi connectivity index (χ1) is 8.92. The van der Waals surface area contributed by atoms with Crippen LogP contribution >= 0.6 is 0 Å². The van der Waals surface area contributed by atoms with Crippen LogP contribution in [0.2, 0.25) is 0 Å². The average molecular weight is 272 g/mol. The number of likely N-dealkylation sites (N-methyl/N-ethyl adjacent to an activating group) is 1. The summed E-state index contributed by atoms with van der Waals surface area (Å²) in [7, 11) is 1.86. The number of nitrogens with one attached hydrogen (secondary N) is 2. The number of carbonyl (C=O) groups is 2. The van der Waals surface area contributed by atoms with Gasteiger partial charge in [-0.05, 0) is 33.7 Å². The van der Waals surface area contributed by atoms with Gasteiger partial charge in [0.05, 0.1) is 12.6 Å². The van der Waals surface area contributed by atoms with Crippen molar-refractivity contribution in [1.82, 2.24) is 15.6 Å². The maximum absolute atomic E-state index is 11.6. The van der Waals surface area contributed by atoms with Crippen molar-refractivity contribution in [3.63, 3.8) is 0 Å². The third-order valence-corrected chi connectivity index (χ3v) is 2.92. The third kappa shape index (κ3) is 5.54. The molecule has 0 bridgehead atoms. The molecule has 7 heteroatoms. The van der Waals surface area contributed by atoms with Gasteiger partial charge in [0.1, 0.15) is 6.10 Å². The minimum absolute atomic E-state index is 0.00764. The molecule has 0 radical (unpaired) electrons. The van der Waals surface area contributed by atoms with Crippen LogP contribution in [0, 0.1) is 0 Å². The zero-order chi connectivity index (χ0) is 14.4. The van der Waals surface area contributed by atoms with Gasteiger partial charge in [-0.15, -0.1) is 0 Å². The SMILES string of the molecule is CC(C)NC(=O)CN(C)CC1CCC(C(=O)NN)O1. The Morgan fingerprint density at radius 2 is 2.11 bits per heavy atom. The molecule has 2 atom stereocenters. The molecular formula is C12H24N4O3. The molecule has 1 saturated heterocycles. The Bertz CT molecular complexity index is 322. The largest absolute Gasteiger partial charge is 0.364 e. The van der Waals surface area contributed by atoms with E-state index in [9.17, 15) is 9.59 Å². The molecule has 1 heterocycles. The van der Waals surface area contributed by atoms with E-state index >= 15 is 0 Å². The summed E-state index contributed by atoms with van der Waals surface area (Å²) >= 11 is 0. The predicted molar refractivity (Wildman–Crippen MR) is 71.0 cm³/mol. The number of hydrogen-bond donors (Lipinski definition) is 3. The van der Waals surface area contributed by atoms with Crippen LogP contribution in [0.5, 0.6) is 0 Å². The normalized spacial score (nSPS) is 22.8. The number of amides is 2. The smallest absolute Gasteiger partial charge is 0.263 e. The molecule has 2 unspecified atom stereocenters. The molecule has 1 rings (SSSR count). The van der Waals surface area contributed by atoms with Crippen molar-refractivity contribution in [2.45, 2.75) is 44.9 Å². The van der Waals surface area contributed by atoms with Crippen molar-refractivity contribution < 1.29 is 14.3 Å². The highest BCUT2D eigenvalue weighted by Crippen LogP contribution is 2.20. The van der Waals surface area contributed by atoms with E-state index in [1.165, 1.54) is 0 Å². The quantitative estimate of drug-likeness (QED) is 0.327. The Labute approximate surface area is 113 Å². The second-order valence-corrected chi connectivity index (χ2v) is 5.25. The molecule has 0 aliphatic carbocycles. The monoisotopic (exact) mass is 272 g/mol. The second kappa shape index (κ2) is 7.42. The lowest BCUT2D eigenvalue weighted by Gasteiger charge is -2.21. The highest BCUT2D eigenvalue weighted by atomic mass is 16.5. The van der Waals surface area contributed by atoms with Crippen molar-refractivity contribution in [2.24, 2.45) is 5.84 Å². The van der Waals surface area contributed by atoms with Gasteiger partial charge in [-0.25, -0.2) is 5.84 Å². The number of hydrogen-bond acceptors (Lipinski definition) is 5. The summed E-state index contributed by atoms with van der Waals surface area (Å²) in [5.41, 5.74) is 2.09. The molecule has 0 aromatic heterocycles. The van der Waals surface area contributed by atoms with E-state index in [2.05, 4.69) is 10.7 Å². The lowest BCUT2D eigenvalue weighted by Crippen LogP contribution is -2.42. The number of rotatable bonds is 6. The number of carbonyl (C=O) groups excluding carboxylic acids is 2. The van der Waals surface area contributed by atoms with Crippen LogP contribution in [0.3, 0.4) is 0 Å². The maximum atomic E-state index is 11.6. The van der Waals surface area contributed by atoms with Gasteiger partial charge < -0.3 is 10.1 Å². The Hall–Kier alpha value is -1.18. The Morgan fingerprint density at radius 3 is 2.68 bits per heavy atom. The van der Waals surface area contributed by atoms with Crippen LogP contribution in [-0.2, 0) is 14.3 Å². The van der Waals surface area contributed by atoms with Crippen molar-refractivity contribution in [3.05, 3.63) is 0 Å². The van der Waals surface area contributed by atoms with E-state index < -0.39 is 6.10 Å². The van der Waals surface area contributed by atoms with Crippen molar-refractivity contribution >= 4 is 11.8 Å². The van der Waals surface area contributed by atoms with Crippen LogP contribution in [0.1, 0.15) is 26.7 Å². The number of nitrogens with zero attached hydrogens (tertiary/aromatic N) is 1. The van der Waals surface area contributed by atoms with Crippen LogP contribution in [0.15, 0.2) is 0 Å². The first-order valence-corrected chi connectivity index (χ1v) is 6.56. The van der Waals surface area contributed by atoms with Gasteiger partial charge in [-0.2, -0.15) is 0 Å². The van der Waals surface area contributed by atoms with Crippen molar-refractivity contribution in [2.75, 3.05) is 20.1 Å². The molecule has 4 N–H and O–H groups in total. The minimum Gasteiger partial charge on any atom is -0.364 e. The Kier molecular flexibility index (Phi) is 6.20. The highest BCUT2D eigenvalue weighted by Gasteiger charge is 2.30. The molecule has 110 valence electrons. The summed E-state index contributed by atoms with van der Waals surface area (Å²) in [5.74, 6) is 4.77. The summed E-state index contributed by atoms with van der Waals surface area (Å²) in [6.45, 7) is 4.80. The Balaban J connectivity index is 2.28. The lowest BCUT2D eigenvalue weighted by atomic mass is 10.2. The summed E-state index contributed by atoms with van der Waals surface area (Å²) in [4.78, 5) is 24.8. The highest BCUT2D eigenvalue weighted by molar-refractivity contribution is 5.80. The fraction of sp³-hybridized carbons (Fsp3) is 0.833. The van der Waals surface area contributed by atoms with Gasteiger partial charge in [0, 0.05) is 12.6 Å². The van der Waals surface area contributed by atoms with Gasteiger partial charge in [-0.3, -0.25) is 19.9 Å². The van der Waals surface area contributed by atoms with Crippen molar-refractivity contribution in [1.29, 1.82) is 0 Å². The van der Waals surface area contributed by atoms with Gasteiger partial charge in [-0.1, -0.05) is 0 Å². The van der Waals surface area contributed by atoms with Crippen LogP contribution < -0.4 is 16.6 Å². The standard InChI is InChI=1S/C12H24N4O3/c1-8(2)14-11(17)7-16(3)6-9-4-5-10(19-9)12(18)15-13/h8-10H,4-7,13H2,1-3H3,(H,14,17)(H,15,18). The van der Waals surface area contributed by atoms with E-state index in [4.69, 9.17) is 10.6 Å². The van der Waals surface area contributed by atoms with Crippen molar-refractivity contribution in [3.8, 4) is 0 Å². The van der Waals surface area contributed by atoms with E-state index in [1.807, 2.05) is 25.8 Å². The van der Waals surface area contributed by atoms with Crippen LogP contribution in [-0.4, -0.2) is 55.1 Å². The molecule has 7 nitrogen and oxygen atoms in total. The topological polar surface area (TPSA) is 96.7 Å². The van der Waals surface area contributed by atoms with Gasteiger partial charge in [0.2, 0.25) is 5.91 Å². The zero-order valence-corrected chi connectivity index (χ0v) is 11.8. The average Bonchev–Trinajstić information content (AvgIpc) is 2.74. The van der Waals surface area contributed by atoms with E-state index in [-0.39, 0.29) is 24.0 Å². The fourth-order valence-electron chi connectivity index (χ4n) is 2.15. The third-order valence-electron chi connectivity index (χ3n) is 2.92. The number of nitrogens with two attached hydrogens (primary N) is 1. The molecule has 1 fully saturated rings. The number of ether oxygens (including phenoxy) is 1. The second-order valence-electron chi connectivity index (χ2n) is 5.25. The van der Waals surface area contributed by atoms with Gasteiger partial charge >= 0.3 is 0 Å². The summed E-state index contributed by atoms with van der Waals surface area (Å²) in [6, 6.07) is 0.140. The zero-order valence-electron chi connectivity index (χ0n) is 11.8. The summed E-state index contributed by atoms with van der Waals surface area (Å²) in [6.07, 6.45) is 0.973. The lowest BCUT2D eigenvalue weighted by molar-refractivity contribution is -0.133. The maximum Gasteiger partial charge on any atom is 0.263 e. The fourth-order valence-corrected chi connectivity index (χ4v) is 2.15.